The minimum Gasteiger partial charge on any atom is -0.378 e. The van der Waals surface area contributed by atoms with Gasteiger partial charge in [-0.2, -0.15) is 5.26 Å². The summed E-state index contributed by atoms with van der Waals surface area (Å²) in [5, 5.41) is 15.5. The van der Waals surface area contributed by atoms with Gasteiger partial charge in [-0.05, 0) is 43.9 Å². The van der Waals surface area contributed by atoms with Gasteiger partial charge >= 0.3 is 0 Å². The third kappa shape index (κ3) is 7.57. The van der Waals surface area contributed by atoms with Gasteiger partial charge in [0.05, 0.1) is 24.3 Å². The van der Waals surface area contributed by atoms with E-state index in [4.69, 9.17) is 10.00 Å². The van der Waals surface area contributed by atoms with Gasteiger partial charge in [-0.25, -0.2) is 4.99 Å². The van der Waals surface area contributed by atoms with Gasteiger partial charge in [-0.15, -0.1) is 0 Å². The molecule has 0 aromatic heterocycles. The normalized spacial score (nSPS) is 15.6. The van der Waals surface area contributed by atoms with Crippen molar-refractivity contribution in [2.75, 3.05) is 19.7 Å². The van der Waals surface area contributed by atoms with E-state index in [9.17, 15) is 0 Å². The zero-order valence-corrected chi connectivity index (χ0v) is 15.3. The van der Waals surface area contributed by atoms with E-state index < -0.39 is 0 Å². The summed E-state index contributed by atoms with van der Waals surface area (Å²) < 4.78 is 5.95. The Morgan fingerprint density at radius 2 is 1.96 bits per heavy atom. The van der Waals surface area contributed by atoms with Crippen LogP contribution < -0.4 is 10.6 Å². The fraction of sp³-hybridized carbons (Fsp3) is 0.600. The lowest BCUT2D eigenvalue weighted by Gasteiger charge is -2.22. The zero-order valence-electron chi connectivity index (χ0n) is 15.3. The number of ether oxygens (including phenoxy) is 1. The molecule has 1 aromatic rings. The number of nitriles is 1. The molecule has 1 aromatic carbocycles. The van der Waals surface area contributed by atoms with Crippen LogP contribution >= 0.6 is 0 Å². The van der Waals surface area contributed by atoms with Gasteiger partial charge in [0.15, 0.2) is 5.96 Å². The highest BCUT2D eigenvalue weighted by atomic mass is 16.5. The maximum Gasteiger partial charge on any atom is 0.191 e. The molecular weight excluding hydrogens is 312 g/mol. The van der Waals surface area contributed by atoms with Crippen LogP contribution in [0, 0.1) is 11.3 Å². The number of aliphatic imine (C=N–C) groups is 1. The number of nitrogens with one attached hydrogen (secondary N) is 2. The van der Waals surface area contributed by atoms with Crippen molar-refractivity contribution in [1.82, 2.24) is 10.6 Å². The highest BCUT2D eigenvalue weighted by Gasteiger charge is 2.12. The zero-order chi connectivity index (χ0) is 17.7. The van der Waals surface area contributed by atoms with Gasteiger partial charge in [-0.1, -0.05) is 31.4 Å². The Labute approximate surface area is 151 Å². The smallest absolute Gasteiger partial charge is 0.191 e. The Morgan fingerprint density at radius 1 is 1.20 bits per heavy atom. The molecule has 2 rings (SSSR count). The molecule has 5 heteroatoms. The van der Waals surface area contributed by atoms with E-state index in [0.29, 0.717) is 18.2 Å². The molecule has 25 heavy (non-hydrogen) atoms. The van der Waals surface area contributed by atoms with E-state index in [1.165, 1.54) is 32.1 Å². The highest BCUT2D eigenvalue weighted by molar-refractivity contribution is 5.79. The second-order valence-corrected chi connectivity index (χ2v) is 6.42. The van der Waals surface area contributed by atoms with E-state index in [-0.39, 0.29) is 0 Å². The van der Waals surface area contributed by atoms with Gasteiger partial charge in [0.1, 0.15) is 0 Å². The first-order valence-corrected chi connectivity index (χ1v) is 9.44. The number of nitrogens with zero attached hydrogens (tertiary/aromatic N) is 2. The Kier molecular flexibility index (Phi) is 8.85. The number of hydrogen-bond acceptors (Lipinski definition) is 3. The molecule has 0 saturated heterocycles. The minimum atomic E-state index is 0.479. The quantitative estimate of drug-likeness (QED) is 0.432. The first kappa shape index (κ1) is 19.3. The van der Waals surface area contributed by atoms with Crippen LogP contribution in [0.1, 0.15) is 56.6 Å². The maximum absolute atomic E-state index is 8.83. The van der Waals surface area contributed by atoms with Crippen LogP contribution in [0.25, 0.3) is 0 Å². The Bertz CT molecular complexity index is 556. The van der Waals surface area contributed by atoms with Gasteiger partial charge in [0, 0.05) is 19.7 Å². The Hall–Kier alpha value is -2.06. The summed E-state index contributed by atoms with van der Waals surface area (Å²) >= 11 is 0. The van der Waals surface area contributed by atoms with Gasteiger partial charge in [0.2, 0.25) is 0 Å². The Balaban J connectivity index is 1.68. The topological polar surface area (TPSA) is 69.4 Å². The molecule has 0 radical (unpaired) electrons. The number of rotatable bonds is 8. The van der Waals surface area contributed by atoms with E-state index in [1.807, 2.05) is 24.3 Å². The predicted octanol–water partition coefficient (Wildman–Crippen LogP) is 3.35. The molecule has 5 nitrogen and oxygen atoms in total. The molecule has 0 unspecified atom stereocenters. The first-order valence-electron chi connectivity index (χ1n) is 9.44. The van der Waals surface area contributed by atoms with E-state index >= 15 is 0 Å². The summed E-state index contributed by atoms with van der Waals surface area (Å²) in [6.07, 6.45) is 7.91. The molecular formula is C20H30N4O. The Morgan fingerprint density at radius 3 is 2.64 bits per heavy atom. The SMILES string of the molecule is CCNC(=NCc1ccc(C#N)cc1)NCCCOC1CCCCC1. The van der Waals surface area contributed by atoms with Crippen LogP contribution in [0.3, 0.4) is 0 Å². The van der Waals surface area contributed by atoms with E-state index in [2.05, 4.69) is 28.6 Å². The minimum absolute atomic E-state index is 0.479. The van der Waals surface area contributed by atoms with Crippen LogP contribution in [-0.4, -0.2) is 31.8 Å². The lowest BCUT2D eigenvalue weighted by atomic mass is 9.98. The molecule has 0 spiro atoms. The standard InChI is InChI=1S/C20H30N4O/c1-2-22-20(24-16-18-11-9-17(15-21)10-12-18)23-13-6-14-25-19-7-4-3-5-8-19/h9-12,19H,2-8,13-14,16H2,1H3,(H2,22,23,24). The molecule has 0 heterocycles. The van der Waals surface area contributed by atoms with Crippen LogP contribution in [0.5, 0.6) is 0 Å². The summed E-state index contributed by atoms with van der Waals surface area (Å²) in [6.45, 7) is 5.15. The van der Waals surface area contributed by atoms with Crippen molar-refractivity contribution in [2.45, 2.75) is 58.1 Å². The van der Waals surface area contributed by atoms with Crippen LogP contribution in [0.4, 0.5) is 0 Å². The van der Waals surface area contributed by atoms with Crippen molar-refractivity contribution in [3.8, 4) is 6.07 Å². The molecule has 1 saturated carbocycles. The van der Waals surface area contributed by atoms with Crippen molar-refractivity contribution in [3.63, 3.8) is 0 Å². The number of benzene rings is 1. The summed E-state index contributed by atoms with van der Waals surface area (Å²) in [7, 11) is 0. The first-order chi connectivity index (χ1) is 12.3. The predicted molar refractivity (Wildman–Crippen MR) is 101 cm³/mol. The lowest BCUT2D eigenvalue weighted by Crippen LogP contribution is -2.38. The van der Waals surface area contributed by atoms with Crippen LogP contribution in [0.2, 0.25) is 0 Å². The molecule has 0 bridgehead atoms. The molecule has 1 fully saturated rings. The van der Waals surface area contributed by atoms with Crippen LogP contribution in [-0.2, 0) is 11.3 Å². The van der Waals surface area contributed by atoms with Gasteiger partial charge in [-0.3, -0.25) is 0 Å². The molecule has 0 amide bonds. The largest absolute Gasteiger partial charge is 0.378 e. The monoisotopic (exact) mass is 342 g/mol. The molecule has 2 N–H and O–H groups in total. The third-order valence-corrected chi connectivity index (χ3v) is 4.37. The second kappa shape index (κ2) is 11.5. The summed E-state index contributed by atoms with van der Waals surface area (Å²) in [6, 6.07) is 9.68. The molecule has 0 aliphatic heterocycles. The van der Waals surface area contributed by atoms with E-state index in [0.717, 1.165) is 37.6 Å². The van der Waals surface area contributed by atoms with Crippen molar-refractivity contribution in [1.29, 1.82) is 5.26 Å². The number of hydrogen-bond donors (Lipinski definition) is 2. The van der Waals surface area contributed by atoms with E-state index in [1.54, 1.807) is 0 Å². The molecule has 1 aliphatic rings. The highest BCUT2D eigenvalue weighted by Crippen LogP contribution is 2.20. The van der Waals surface area contributed by atoms with Crippen molar-refractivity contribution < 1.29 is 4.74 Å². The average Bonchev–Trinajstić information content (AvgIpc) is 2.67. The number of guanidine groups is 1. The summed E-state index contributed by atoms with van der Waals surface area (Å²) in [5.41, 5.74) is 1.77. The molecule has 1 aliphatic carbocycles. The summed E-state index contributed by atoms with van der Waals surface area (Å²) in [4.78, 5) is 4.60. The second-order valence-electron chi connectivity index (χ2n) is 6.42. The van der Waals surface area contributed by atoms with Gasteiger partial charge < -0.3 is 15.4 Å². The maximum atomic E-state index is 8.83. The molecule has 136 valence electrons. The molecule has 0 atom stereocenters. The van der Waals surface area contributed by atoms with Crippen LogP contribution in [0.15, 0.2) is 29.3 Å². The van der Waals surface area contributed by atoms with Crippen molar-refractivity contribution >= 4 is 5.96 Å². The average molecular weight is 342 g/mol. The fourth-order valence-corrected chi connectivity index (χ4v) is 2.96. The van der Waals surface area contributed by atoms with Crippen molar-refractivity contribution in [3.05, 3.63) is 35.4 Å². The van der Waals surface area contributed by atoms with Gasteiger partial charge in [0.25, 0.3) is 0 Å². The third-order valence-electron chi connectivity index (χ3n) is 4.37. The summed E-state index contributed by atoms with van der Waals surface area (Å²) in [5.74, 6) is 0.824. The lowest BCUT2D eigenvalue weighted by molar-refractivity contribution is 0.0277. The van der Waals surface area contributed by atoms with Crippen molar-refractivity contribution in [2.24, 2.45) is 4.99 Å². The fourth-order valence-electron chi connectivity index (χ4n) is 2.96.